The lowest BCUT2D eigenvalue weighted by molar-refractivity contribution is -0.118. The Balaban J connectivity index is 1.27. The summed E-state index contributed by atoms with van der Waals surface area (Å²) in [4.78, 5) is 32.9. The molecule has 0 radical (unpaired) electrons. The average molecular weight is 526 g/mol. The van der Waals surface area contributed by atoms with Crippen LogP contribution in [0.3, 0.4) is 0 Å². The molecular weight excluding hydrogens is 506 g/mol. The van der Waals surface area contributed by atoms with Gasteiger partial charge in [0.05, 0.1) is 17.6 Å². The zero-order valence-electron chi connectivity index (χ0n) is 20.1. The number of halogens is 1. The molecule has 3 heterocycles. The first-order chi connectivity index (χ1) is 18.4. The Morgan fingerprint density at radius 2 is 1.87 bits per heavy atom. The largest absolute Gasteiger partial charge is 0.484 e. The zero-order chi connectivity index (χ0) is 26.2. The highest BCUT2D eigenvalue weighted by Gasteiger charge is 2.17. The monoisotopic (exact) mass is 525 g/mol. The van der Waals surface area contributed by atoms with Crippen LogP contribution in [0, 0.1) is 6.92 Å². The van der Waals surface area contributed by atoms with E-state index in [0.29, 0.717) is 39.0 Å². The highest BCUT2D eigenvalue weighted by molar-refractivity contribution is 6.30. The van der Waals surface area contributed by atoms with Gasteiger partial charge in [0.25, 0.3) is 11.5 Å². The van der Waals surface area contributed by atoms with Gasteiger partial charge in [-0.2, -0.15) is 19.9 Å². The van der Waals surface area contributed by atoms with Crippen LogP contribution in [0.2, 0.25) is 5.02 Å². The van der Waals surface area contributed by atoms with Crippen molar-refractivity contribution < 1.29 is 9.53 Å². The Morgan fingerprint density at radius 1 is 1.03 bits per heavy atom. The van der Waals surface area contributed by atoms with Crippen LogP contribution in [-0.2, 0) is 4.79 Å². The number of carbonyl (C=O) groups excluding carboxylic acids is 1. The first-order valence-electron chi connectivity index (χ1n) is 11.7. The van der Waals surface area contributed by atoms with E-state index in [0.717, 1.165) is 10.8 Å². The van der Waals surface area contributed by atoms with Gasteiger partial charge in [0.2, 0.25) is 5.95 Å². The summed E-state index contributed by atoms with van der Waals surface area (Å²) < 4.78 is 8.58. The number of aromatic nitrogens is 6. The molecule has 0 aliphatic carbocycles. The summed E-state index contributed by atoms with van der Waals surface area (Å²) in [7, 11) is 0. The van der Waals surface area contributed by atoms with Crippen LogP contribution in [0.4, 0.5) is 5.82 Å². The molecule has 10 nitrogen and oxygen atoms in total. The first kappa shape index (κ1) is 23.4. The lowest BCUT2D eigenvalue weighted by atomic mass is 10.1. The maximum absolute atomic E-state index is 12.9. The number of H-pyrrole nitrogens is 1. The Hall–Kier alpha value is -4.96. The quantitative estimate of drug-likeness (QED) is 0.332. The highest BCUT2D eigenvalue weighted by atomic mass is 35.5. The molecule has 0 saturated carbocycles. The van der Waals surface area contributed by atoms with E-state index >= 15 is 0 Å². The van der Waals surface area contributed by atoms with E-state index in [1.165, 1.54) is 15.6 Å². The van der Waals surface area contributed by atoms with Crippen molar-refractivity contribution in [3.63, 3.8) is 0 Å². The molecule has 3 aromatic carbocycles. The van der Waals surface area contributed by atoms with Crippen molar-refractivity contribution in [2.45, 2.75) is 6.92 Å². The predicted octanol–water partition coefficient (Wildman–Crippen LogP) is 4.43. The molecule has 1 amide bonds. The predicted molar refractivity (Wildman–Crippen MR) is 144 cm³/mol. The van der Waals surface area contributed by atoms with Gasteiger partial charge in [0, 0.05) is 11.1 Å². The SMILES string of the molecule is Cc1cc(NC(=O)COc2ccc3ccccc3c2)n(-c2nc3c(cnn3-c3cccc(Cl)c3)c(=O)[nH]2)n1. The average Bonchev–Trinajstić information content (AvgIpc) is 3.51. The molecule has 3 aromatic heterocycles. The number of fused-ring (bicyclic) bond motifs is 2. The lowest BCUT2D eigenvalue weighted by Gasteiger charge is -2.10. The molecule has 0 unspecified atom stereocenters. The van der Waals surface area contributed by atoms with Crippen molar-refractivity contribution in [1.29, 1.82) is 0 Å². The zero-order valence-corrected chi connectivity index (χ0v) is 20.8. The third-order valence-corrected chi connectivity index (χ3v) is 6.10. The van der Waals surface area contributed by atoms with E-state index in [-0.39, 0.29) is 12.6 Å². The number of aromatic amines is 1. The number of aryl methyl sites for hydroxylation is 1. The van der Waals surface area contributed by atoms with Crippen molar-refractivity contribution in [1.82, 2.24) is 29.5 Å². The van der Waals surface area contributed by atoms with E-state index in [2.05, 4.69) is 25.5 Å². The van der Waals surface area contributed by atoms with Gasteiger partial charge in [-0.15, -0.1) is 0 Å². The second kappa shape index (κ2) is 9.49. The standard InChI is InChI=1S/C27H20ClN7O3/c1-16-11-23(30-24(36)15-38-21-10-9-17-5-2-3-6-18(17)12-21)35(33-16)27-31-25-22(26(37)32-27)14-29-34(25)20-8-4-7-19(28)13-20/h2-14H,15H2,1H3,(H,30,36)(H,31,32,37). The summed E-state index contributed by atoms with van der Waals surface area (Å²) in [5, 5.41) is 14.4. The number of hydrogen-bond donors (Lipinski definition) is 2. The molecule has 0 saturated heterocycles. The molecule has 0 bridgehead atoms. The van der Waals surface area contributed by atoms with Crippen LogP contribution in [0.15, 0.2) is 83.8 Å². The summed E-state index contributed by atoms with van der Waals surface area (Å²) in [6, 6.07) is 22.2. The first-order valence-corrected chi connectivity index (χ1v) is 12.0. The molecule has 6 aromatic rings. The molecule has 38 heavy (non-hydrogen) atoms. The number of nitrogens with one attached hydrogen (secondary N) is 2. The lowest BCUT2D eigenvalue weighted by Crippen LogP contribution is -2.23. The number of carbonyl (C=O) groups is 1. The molecular formula is C27H20ClN7O3. The number of benzene rings is 3. The van der Waals surface area contributed by atoms with Gasteiger partial charge >= 0.3 is 0 Å². The maximum atomic E-state index is 12.9. The van der Waals surface area contributed by atoms with Gasteiger partial charge in [0.1, 0.15) is 17.0 Å². The number of rotatable bonds is 6. The van der Waals surface area contributed by atoms with Crippen LogP contribution < -0.4 is 15.6 Å². The van der Waals surface area contributed by atoms with Gasteiger partial charge < -0.3 is 10.1 Å². The third kappa shape index (κ3) is 4.48. The van der Waals surface area contributed by atoms with E-state index in [1.54, 1.807) is 37.3 Å². The minimum absolute atomic E-state index is 0.116. The fourth-order valence-corrected chi connectivity index (χ4v) is 4.32. The summed E-state index contributed by atoms with van der Waals surface area (Å²) >= 11 is 6.14. The van der Waals surface area contributed by atoms with Crippen LogP contribution in [0.25, 0.3) is 33.4 Å². The van der Waals surface area contributed by atoms with Crippen LogP contribution in [0.1, 0.15) is 5.69 Å². The fraction of sp³-hybridized carbons (Fsp3) is 0.0741. The highest BCUT2D eigenvalue weighted by Crippen LogP contribution is 2.22. The molecule has 0 aliphatic heterocycles. The minimum Gasteiger partial charge on any atom is -0.484 e. The van der Waals surface area contributed by atoms with Crippen molar-refractivity contribution in [3.05, 3.63) is 100 Å². The molecule has 0 atom stereocenters. The van der Waals surface area contributed by atoms with E-state index in [4.69, 9.17) is 16.3 Å². The number of nitrogens with zero attached hydrogens (tertiary/aromatic N) is 5. The fourth-order valence-electron chi connectivity index (χ4n) is 4.14. The topological polar surface area (TPSA) is 120 Å². The number of amides is 1. The second-order valence-corrected chi connectivity index (χ2v) is 9.03. The minimum atomic E-state index is -0.400. The molecule has 0 aliphatic rings. The summed E-state index contributed by atoms with van der Waals surface area (Å²) in [5.41, 5.74) is 1.17. The Morgan fingerprint density at radius 3 is 2.71 bits per heavy atom. The summed E-state index contributed by atoms with van der Waals surface area (Å²) in [5.74, 6) is 0.622. The van der Waals surface area contributed by atoms with Crippen molar-refractivity contribution in [3.8, 4) is 17.4 Å². The Labute approximate surface area is 220 Å². The van der Waals surface area contributed by atoms with Crippen molar-refractivity contribution in [2.24, 2.45) is 0 Å². The van der Waals surface area contributed by atoms with Gasteiger partial charge in [-0.25, -0.2) is 4.68 Å². The van der Waals surface area contributed by atoms with E-state index in [9.17, 15) is 9.59 Å². The smallest absolute Gasteiger partial charge is 0.263 e. The molecule has 11 heteroatoms. The second-order valence-electron chi connectivity index (χ2n) is 8.59. The van der Waals surface area contributed by atoms with E-state index < -0.39 is 11.5 Å². The van der Waals surface area contributed by atoms with Crippen LogP contribution in [-0.4, -0.2) is 42.0 Å². The molecule has 0 spiro atoms. The molecule has 6 rings (SSSR count). The number of anilines is 1. The normalized spacial score (nSPS) is 11.2. The van der Waals surface area contributed by atoms with Gasteiger partial charge in [-0.1, -0.05) is 48.0 Å². The summed E-state index contributed by atoms with van der Waals surface area (Å²) in [6.07, 6.45) is 1.44. The Kier molecular flexibility index (Phi) is 5.85. The van der Waals surface area contributed by atoms with Crippen molar-refractivity contribution >= 4 is 45.1 Å². The van der Waals surface area contributed by atoms with Crippen LogP contribution >= 0.6 is 11.6 Å². The van der Waals surface area contributed by atoms with Crippen molar-refractivity contribution in [2.75, 3.05) is 11.9 Å². The number of ether oxygens (including phenoxy) is 1. The maximum Gasteiger partial charge on any atom is 0.263 e. The van der Waals surface area contributed by atoms with Gasteiger partial charge in [-0.3, -0.25) is 14.6 Å². The van der Waals surface area contributed by atoms with Crippen LogP contribution in [0.5, 0.6) is 5.75 Å². The summed E-state index contributed by atoms with van der Waals surface area (Å²) in [6.45, 7) is 1.55. The Bertz CT molecular complexity index is 1890. The number of hydrogen-bond acceptors (Lipinski definition) is 6. The van der Waals surface area contributed by atoms with E-state index in [1.807, 2.05) is 42.5 Å². The molecule has 0 fully saturated rings. The van der Waals surface area contributed by atoms with Gasteiger partial charge in [-0.05, 0) is 48.0 Å². The third-order valence-electron chi connectivity index (χ3n) is 5.87. The molecule has 2 N–H and O–H groups in total. The molecule has 188 valence electrons. The van der Waals surface area contributed by atoms with Gasteiger partial charge in [0.15, 0.2) is 12.3 Å².